The predicted molar refractivity (Wildman–Crippen MR) is 163 cm³/mol. The van der Waals surface area contributed by atoms with Crippen molar-refractivity contribution in [1.29, 1.82) is 0 Å². The molecule has 44 heavy (non-hydrogen) atoms. The molecule has 1 fully saturated rings. The van der Waals surface area contributed by atoms with Crippen molar-refractivity contribution >= 4 is 34.9 Å². The van der Waals surface area contributed by atoms with E-state index >= 15 is 0 Å². The number of imide groups is 1. The summed E-state index contributed by atoms with van der Waals surface area (Å²) in [6.07, 6.45) is 8.15. The first kappa shape index (κ1) is 39.6. The minimum absolute atomic E-state index is 0.00686. The molecule has 12 nitrogen and oxygen atoms in total. The van der Waals surface area contributed by atoms with E-state index < -0.39 is 0 Å². The van der Waals surface area contributed by atoms with Crippen LogP contribution in [0.4, 0.5) is 0 Å². The monoisotopic (exact) mass is 626 g/mol. The molecule has 1 saturated heterocycles. The summed E-state index contributed by atoms with van der Waals surface area (Å²) in [5, 5.41) is 3.08. The van der Waals surface area contributed by atoms with Crippen LogP contribution in [0.25, 0.3) is 0 Å². The zero-order valence-corrected chi connectivity index (χ0v) is 26.9. The van der Waals surface area contributed by atoms with Gasteiger partial charge in [0.15, 0.2) is 11.6 Å². The molecule has 0 bridgehead atoms. The van der Waals surface area contributed by atoms with Crippen molar-refractivity contribution in [2.75, 3.05) is 72.5 Å². The van der Waals surface area contributed by atoms with E-state index in [0.717, 1.165) is 38.5 Å². The molecule has 0 aromatic rings. The van der Waals surface area contributed by atoms with Gasteiger partial charge in [-0.3, -0.25) is 33.7 Å². The van der Waals surface area contributed by atoms with Gasteiger partial charge in [0.1, 0.15) is 24.8 Å². The Morgan fingerprint density at radius 2 is 1.25 bits per heavy atom. The van der Waals surface area contributed by atoms with Crippen LogP contribution < -0.4 is 5.32 Å². The highest BCUT2D eigenvalue weighted by molar-refractivity contribution is 6.03. The number of rotatable bonds is 31. The predicted octanol–water partition coefficient (Wildman–Crippen LogP) is 2.62. The number of amides is 2. The van der Waals surface area contributed by atoms with Crippen LogP contribution in [-0.4, -0.2) is 112 Å². The largest absolute Gasteiger partial charge is 0.379 e. The van der Waals surface area contributed by atoms with Gasteiger partial charge in [-0.25, -0.2) is 0 Å². The summed E-state index contributed by atoms with van der Waals surface area (Å²) in [4.78, 5) is 71.5. The van der Waals surface area contributed by atoms with E-state index in [1.165, 1.54) is 11.8 Å². The van der Waals surface area contributed by atoms with Gasteiger partial charge in [0.2, 0.25) is 11.8 Å². The van der Waals surface area contributed by atoms with Crippen LogP contribution in [0, 0.1) is 5.92 Å². The SMILES string of the molecule is CC(=O)COCCOCCCC(=O)COCCOCCNCC(=O)CCCCCCCCC(=O)CCN1C(=O)CC(C)C1=O. The van der Waals surface area contributed by atoms with Gasteiger partial charge in [-0.1, -0.05) is 32.6 Å². The number of hydrogen-bond acceptors (Lipinski definition) is 11. The van der Waals surface area contributed by atoms with Crippen LogP contribution in [0.5, 0.6) is 0 Å². The van der Waals surface area contributed by atoms with Crippen LogP contribution in [-0.2, 0) is 47.7 Å². The van der Waals surface area contributed by atoms with Gasteiger partial charge in [0.25, 0.3) is 0 Å². The average Bonchev–Trinajstić information content (AvgIpc) is 3.23. The number of unbranched alkanes of at least 4 members (excludes halogenated alkanes) is 5. The molecule has 1 atom stereocenters. The quantitative estimate of drug-likeness (QED) is 0.0892. The summed E-state index contributed by atoms with van der Waals surface area (Å²) in [7, 11) is 0. The first-order valence-electron chi connectivity index (χ1n) is 16.1. The van der Waals surface area contributed by atoms with Crippen LogP contribution >= 0.6 is 0 Å². The molecular formula is C32H54N2O10. The topological polar surface area (TPSA) is 155 Å². The second-order valence-corrected chi connectivity index (χ2v) is 11.3. The number of likely N-dealkylation sites (tertiary alicyclic amines) is 1. The fraction of sp³-hybridized carbons (Fsp3) is 0.812. The van der Waals surface area contributed by atoms with Crippen molar-refractivity contribution < 1.29 is 47.7 Å². The highest BCUT2D eigenvalue weighted by atomic mass is 16.5. The molecule has 0 aromatic heterocycles. The van der Waals surface area contributed by atoms with Crippen molar-refractivity contribution in [2.45, 2.75) is 90.9 Å². The van der Waals surface area contributed by atoms with Crippen molar-refractivity contribution in [2.24, 2.45) is 5.92 Å². The molecule has 12 heteroatoms. The second kappa shape index (κ2) is 25.9. The Labute approximate surface area is 262 Å². The van der Waals surface area contributed by atoms with Gasteiger partial charge in [-0.05, 0) is 26.2 Å². The van der Waals surface area contributed by atoms with Gasteiger partial charge in [-0.15, -0.1) is 0 Å². The number of carbonyl (C=O) groups excluding carboxylic acids is 6. The zero-order chi connectivity index (χ0) is 32.4. The van der Waals surface area contributed by atoms with E-state index in [0.29, 0.717) is 78.4 Å². The summed E-state index contributed by atoms with van der Waals surface area (Å²) in [6, 6.07) is 0. The number of nitrogens with one attached hydrogen (secondary N) is 1. The van der Waals surface area contributed by atoms with E-state index in [2.05, 4.69) is 5.32 Å². The Kier molecular flexibility index (Phi) is 23.3. The Balaban J connectivity index is 1.80. The van der Waals surface area contributed by atoms with Gasteiger partial charge in [-0.2, -0.15) is 0 Å². The summed E-state index contributed by atoms with van der Waals surface area (Å²) >= 11 is 0. The van der Waals surface area contributed by atoms with Crippen LogP contribution in [0.15, 0.2) is 0 Å². The lowest BCUT2D eigenvalue weighted by Gasteiger charge is -2.13. The number of hydrogen-bond donors (Lipinski definition) is 1. The lowest BCUT2D eigenvalue weighted by atomic mass is 10.0. The first-order valence-corrected chi connectivity index (χ1v) is 16.1. The summed E-state index contributed by atoms with van der Waals surface area (Å²) in [5.74, 6) is -0.366. The lowest BCUT2D eigenvalue weighted by molar-refractivity contribution is -0.139. The molecule has 0 spiro atoms. The van der Waals surface area contributed by atoms with E-state index in [1.54, 1.807) is 6.92 Å². The average molecular weight is 627 g/mol. The highest BCUT2D eigenvalue weighted by Crippen LogP contribution is 2.19. The number of ketones is 4. The summed E-state index contributed by atoms with van der Waals surface area (Å²) in [6.45, 7) is 6.79. The Morgan fingerprint density at radius 1 is 0.682 bits per heavy atom. The smallest absolute Gasteiger partial charge is 0.232 e. The van der Waals surface area contributed by atoms with Crippen LogP contribution in [0.2, 0.25) is 0 Å². The van der Waals surface area contributed by atoms with E-state index in [9.17, 15) is 28.8 Å². The van der Waals surface area contributed by atoms with E-state index in [1.807, 2.05) is 0 Å². The second-order valence-electron chi connectivity index (χ2n) is 11.3. The number of Topliss-reactive ketones (excluding diaryl/α,β-unsaturated/α-hetero) is 4. The third-order valence-electron chi connectivity index (χ3n) is 7.05. The third-order valence-corrected chi connectivity index (χ3v) is 7.05. The van der Waals surface area contributed by atoms with Gasteiger partial charge < -0.3 is 24.3 Å². The molecule has 0 radical (unpaired) electrons. The standard InChI is InChI=1S/C32H54N2O10/c1-26-22-31(39)34(32(26)40)15-13-28(36)10-7-5-3-4-6-8-11-29(37)23-33-14-17-42-19-21-44-25-30(38)12-9-16-41-18-20-43-24-27(2)35/h26,33H,3-25H2,1-2H3. The number of carbonyl (C=O) groups is 6. The first-order chi connectivity index (χ1) is 21.2. The molecule has 0 aliphatic carbocycles. The molecule has 2 amide bonds. The van der Waals surface area contributed by atoms with E-state index in [-0.39, 0.29) is 73.5 Å². The molecule has 1 aliphatic rings. The van der Waals surface area contributed by atoms with Crippen LogP contribution in [0.1, 0.15) is 90.9 Å². The van der Waals surface area contributed by atoms with Crippen molar-refractivity contribution in [1.82, 2.24) is 10.2 Å². The maximum Gasteiger partial charge on any atom is 0.232 e. The third kappa shape index (κ3) is 21.3. The number of ether oxygens (including phenoxy) is 4. The highest BCUT2D eigenvalue weighted by Gasteiger charge is 2.35. The van der Waals surface area contributed by atoms with Crippen molar-refractivity contribution in [3.05, 3.63) is 0 Å². The van der Waals surface area contributed by atoms with Gasteiger partial charge in [0, 0.05) is 57.7 Å². The van der Waals surface area contributed by atoms with Gasteiger partial charge >= 0.3 is 0 Å². The van der Waals surface area contributed by atoms with Crippen molar-refractivity contribution in [3.63, 3.8) is 0 Å². The minimum atomic E-state index is -0.269. The molecule has 1 unspecified atom stereocenters. The van der Waals surface area contributed by atoms with E-state index in [4.69, 9.17) is 18.9 Å². The molecule has 1 rings (SSSR count). The molecule has 1 heterocycles. The summed E-state index contributed by atoms with van der Waals surface area (Å²) in [5.41, 5.74) is 0. The maximum atomic E-state index is 12.1. The molecule has 1 N–H and O–H groups in total. The molecule has 1 aliphatic heterocycles. The Bertz CT molecular complexity index is 879. The maximum absolute atomic E-state index is 12.1. The van der Waals surface area contributed by atoms with Crippen LogP contribution in [0.3, 0.4) is 0 Å². The molecular weight excluding hydrogens is 572 g/mol. The number of nitrogens with zero attached hydrogens (tertiary/aromatic N) is 1. The zero-order valence-electron chi connectivity index (χ0n) is 26.9. The fourth-order valence-corrected chi connectivity index (χ4v) is 4.54. The van der Waals surface area contributed by atoms with Crippen molar-refractivity contribution in [3.8, 4) is 0 Å². The fourth-order valence-electron chi connectivity index (χ4n) is 4.54. The Morgan fingerprint density at radius 3 is 1.89 bits per heavy atom. The minimum Gasteiger partial charge on any atom is -0.379 e. The van der Waals surface area contributed by atoms with Gasteiger partial charge in [0.05, 0.1) is 39.6 Å². The Hall–Kier alpha value is -2.38. The molecule has 0 aromatic carbocycles. The summed E-state index contributed by atoms with van der Waals surface area (Å²) < 4.78 is 21.2. The lowest BCUT2D eigenvalue weighted by Crippen LogP contribution is -2.32. The normalized spacial score (nSPS) is 14.9. The molecule has 0 saturated carbocycles. The molecule has 252 valence electrons.